The van der Waals surface area contributed by atoms with Crippen molar-refractivity contribution in [3.63, 3.8) is 0 Å². The second-order valence-corrected chi connectivity index (χ2v) is 4.42. The number of guanidine groups is 1. The Labute approximate surface area is 155 Å². The zero-order valence-electron chi connectivity index (χ0n) is 13.7. The van der Waals surface area contributed by atoms with Crippen LogP contribution < -0.4 is 20.1 Å². The molecule has 0 atom stereocenters. The number of methoxy groups -OCH3 is 1. The molecule has 1 rings (SSSR count). The van der Waals surface area contributed by atoms with Crippen LogP contribution in [0.25, 0.3) is 0 Å². The lowest BCUT2D eigenvalue weighted by Crippen LogP contribution is -2.37. The van der Waals surface area contributed by atoms with Crippen LogP contribution in [0.3, 0.4) is 0 Å². The van der Waals surface area contributed by atoms with Gasteiger partial charge in [-0.2, -0.15) is 0 Å². The van der Waals surface area contributed by atoms with Crippen LogP contribution in [0.2, 0.25) is 0 Å². The number of benzene rings is 1. The molecule has 0 bridgehead atoms. The summed E-state index contributed by atoms with van der Waals surface area (Å²) in [6.07, 6.45) is 1.78. The zero-order valence-corrected chi connectivity index (χ0v) is 16.0. The molecule has 1 aromatic rings. The van der Waals surface area contributed by atoms with Gasteiger partial charge in [-0.15, -0.1) is 30.6 Å². The minimum absolute atomic E-state index is 0. The maximum absolute atomic E-state index is 8.81. The van der Waals surface area contributed by atoms with E-state index in [-0.39, 0.29) is 37.2 Å². The van der Waals surface area contributed by atoms with E-state index >= 15 is 0 Å². The van der Waals surface area contributed by atoms with Gasteiger partial charge in [-0.25, -0.2) is 4.99 Å². The van der Waals surface area contributed by atoms with Crippen LogP contribution >= 0.6 is 24.0 Å². The van der Waals surface area contributed by atoms with Crippen LogP contribution in [0.15, 0.2) is 35.8 Å². The average Bonchev–Trinajstić information content (AvgIpc) is 2.55. The number of halogens is 1. The monoisotopic (exact) mass is 435 g/mol. The van der Waals surface area contributed by atoms with Crippen molar-refractivity contribution in [2.45, 2.75) is 13.5 Å². The number of nitrogens with zero attached hydrogens (tertiary/aromatic N) is 1. The van der Waals surface area contributed by atoms with E-state index in [1.54, 1.807) is 13.2 Å². The molecule has 23 heavy (non-hydrogen) atoms. The van der Waals surface area contributed by atoms with Crippen molar-refractivity contribution in [2.24, 2.45) is 4.99 Å². The molecular weight excluding hydrogens is 409 g/mol. The number of aliphatic hydroxyl groups is 1. The molecule has 0 radical (unpaired) electrons. The summed E-state index contributed by atoms with van der Waals surface area (Å²) in [7, 11) is 1.59. The van der Waals surface area contributed by atoms with Crippen LogP contribution in [-0.2, 0) is 6.54 Å². The van der Waals surface area contributed by atoms with Crippen molar-refractivity contribution in [1.82, 2.24) is 10.6 Å². The Balaban J connectivity index is 0.00000484. The van der Waals surface area contributed by atoms with Crippen LogP contribution in [0, 0.1) is 0 Å². The fourth-order valence-corrected chi connectivity index (χ4v) is 1.77. The van der Waals surface area contributed by atoms with Gasteiger partial charge in [0, 0.05) is 13.1 Å². The van der Waals surface area contributed by atoms with Crippen LogP contribution in [-0.4, -0.2) is 44.5 Å². The number of hydrogen-bond donors (Lipinski definition) is 3. The maximum Gasteiger partial charge on any atom is 0.191 e. The highest BCUT2D eigenvalue weighted by Gasteiger charge is 2.06. The number of rotatable bonds is 9. The number of aliphatic imine (C=N–C) groups is 1. The predicted molar refractivity (Wildman–Crippen MR) is 104 cm³/mol. The van der Waals surface area contributed by atoms with E-state index in [9.17, 15) is 0 Å². The van der Waals surface area contributed by atoms with Gasteiger partial charge in [-0.3, -0.25) is 0 Å². The summed E-state index contributed by atoms with van der Waals surface area (Å²) >= 11 is 0. The lowest BCUT2D eigenvalue weighted by Gasteiger charge is -2.12. The molecule has 7 heteroatoms. The molecule has 0 aliphatic heterocycles. The summed E-state index contributed by atoms with van der Waals surface area (Å²) in [6.45, 7) is 7.86. The molecular formula is C16H26IN3O3. The first-order valence-corrected chi connectivity index (χ1v) is 7.28. The van der Waals surface area contributed by atoms with Crippen molar-refractivity contribution in [1.29, 1.82) is 0 Å². The quantitative estimate of drug-likeness (QED) is 0.239. The summed E-state index contributed by atoms with van der Waals surface area (Å²) in [5, 5.41) is 15.1. The second kappa shape index (κ2) is 13.0. The standard InChI is InChI=1S/C16H25N3O3.HI/c1-4-8-18-16(17-5-2)19-12-13-6-7-14(22-10-9-20)15(11-13)21-3;/h4,6-7,11,20H,1,5,8-10,12H2,2-3H3,(H2,17,18,19);1H. The van der Waals surface area contributed by atoms with Gasteiger partial charge in [0.25, 0.3) is 0 Å². The third-order valence-corrected chi connectivity index (χ3v) is 2.75. The summed E-state index contributed by atoms with van der Waals surface area (Å²) in [6, 6.07) is 5.63. The highest BCUT2D eigenvalue weighted by atomic mass is 127. The van der Waals surface area contributed by atoms with Crippen LogP contribution in [0.5, 0.6) is 11.5 Å². The Morgan fingerprint density at radius 2 is 2.13 bits per heavy atom. The number of aliphatic hydroxyl groups excluding tert-OH is 1. The molecule has 0 saturated carbocycles. The van der Waals surface area contributed by atoms with Crippen LogP contribution in [0.4, 0.5) is 0 Å². The molecule has 1 aromatic carbocycles. The molecule has 6 nitrogen and oxygen atoms in total. The van der Waals surface area contributed by atoms with Gasteiger partial charge in [0.05, 0.1) is 20.3 Å². The topological polar surface area (TPSA) is 75.1 Å². The predicted octanol–water partition coefficient (Wildman–Crippen LogP) is 1.93. The van der Waals surface area contributed by atoms with Crippen molar-refractivity contribution in [3.05, 3.63) is 36.4 Å². The van der Waals surface area contributed by atoms with E-state index in [2.05, 4.69) is 22.2 Å². The molecule has 130 valence electrons. The number of ether oxygens (including phenoxy) is 2. The van der Waals surface area contributed by atoms with Crippen molar-refractivity contribution in [2.75, 3.05) is 33.4 Å². The van der Waals surface area contributed by atoms with Crippen molar-refractivity contribution in [3.8, 4) is 11.5 Å². The molecule has 0 amide bonds. The highest BCUT2D eigenvalue weighted by Crippen LogP contribution is 2.28. The first kappa shape index (κ1) is 21.5. The van der Waals surface area contributed by atoms with E-state index in [1.807, 2.05) is 25.1 Å². The highest BCUT2D eigenvalue weighted by molar-refractivity contribution is 14.0. The largest absolute Gasteiger partial charge is 0.493 e. The fourth-order valence-electron chi connectivity index (χ4n) is 1.77. The van der Waals surface area contributed by atoms with Gasteiger partial charge in [0.15, 0.2) is 17.5 Å². The van der Waals surface area contributed by atoms with Gasteiger partial charge >= 0.3 is 0 Å². The summed E-state index contributed by atoms with van der Waals surface area (Å²) in [5.41, 5.74) is 1.00. The maximum atomic E-state index is 8.81. The third kappa shape index (κ3) is 8.08. The minimum Gasteiger partial charge on any atom is -0.493 e. The Hall–Kier alpha value is -1.48. The molecule has 0 saturated heterocycles. The lowest BCUT2D eigenvalue weighted by molar-refractivity contribution is 0.196. The van der Waals surface area contributed by atoms with Crippen molar-refractivity contribution < 1.29 is 14.6 Å². The molecule has 0 fully saturated rings. The Morgan fingerprint density at radius 3 is 2.74 bits per heavy atom. The first-order chi connectivity index (χ1) is 10.7. The zero-order chi connectivity index (χ0) is 16.2. The minimum atomic E-state index is -0.0315. The smallest absolute Gasteiger partial charge is 0.191 e. The van der Waals surface area contributed by atoms with Crippen LogP contribution in [0.1, 0.15) is 12.5 Å². The molecule has 0 unspecified atom stereocenters. The average molecular weight is 435 g/mol. The lowest BCUT2D eigenvalue weighted by atomic mass is 10.2. The summed E-state index contributed by atoms with van der Waals surface area (Å²) < 4.78 is 10.7. The van der Waals surface area contributed by atoms with E-state index in [0.717, 1.165) is 18.1 Å². The molecule has 0 aromatic heterocycles. The van der Waals surface area contributed by atoms with E-state index in [0.29, 0.717) is 24.6 Å². The van der Waals surface area contributed by atoms with E-state index in [1.165, 1.54) is 0 Å². The normalized spacial score (nSPS) is 10.5. The first-order valence-electron chi connectivity index (χ1n) is 7.28. The Kier molecular flexibility index (Phi) is 12.2. The summed E-state index contributed by atoms with van der Waals surface area (Å²) in [4.78, 5) is 4.50. The molecule has 0 aliphatic rings. The molecule has 0 heterocycles. The van der Waals surface area contributed by atoms with Gasteiger partial charge in [-0.1, -0.05) is 12.1 Å². The van der Waals surface area contributed by atoms with Gasteiger partial charge < -0.3 is 25.2 Å². The van der Waals surface area contributed by atoms with E-state index in [4.69, 9.17) is 14.6 Å². The van der Waals surface area contributed by atoms with Crippen molar-refractivity contribution >= 4 is 29.9 Å². The molecule has 0 spiro atoms. The molecule has 3 N–H and O–H groups in total. The SMILES string of the molecule is C=CCNC(=NCc1ccc(OCCO)c(OC)c1)NCC.I. The fraction of sp³-hybridized carbons (Fsp3) is 0.438. The Bertz CT molecular complexity index is 495. The summed E-state index contributed by atoms with van der Waals surface area (Å²) in [5.74, 6) is 1.98. The van der Waals surface area contributed by atoms with Gasteiger partial charge in [0.2, 0.25) is 0 Å². The number of hydrogen-bond acceptors (Lipinski definition) is 4. The van der Waals surface area contributed by atoms with Gasteiger partial charge in [0.1, 0.15) is 6.61 Å². The third-order valence-electron chi connectivity index (χ3n) is 2.75. The Morgan fingerprint density at radius 1 is 1.35 bits per heavy atom. The van der Waals surface area contributed by atoms with E-state index < -0.39 is 0 Å². The molecule has 0 aliphatic carbocycles. The second-order valence-electron chi connectivity index (χ2n) is 4.42. The van der Waals surface area contributed by atoms with Gasteiger partial charge in [-0.05, 0) is 24.6 Å². The number of nitrogens with one attached hydrogen (secondary N) is 2.